The Labute approximate surface area is 96.7 Å². The van der Waals surface area contributed by atoms with Crippen molar-refractivity contribution < 1.29 is 24.9 Å². The second-order valence-electron chi connectivity index (χ2n) is 3.31. The van der Waals surface area contributed by atoms with Crippen molar-refractivity contribution in [2.24, 2.45) is 0 Å². The molecular formula is C10H12N2O5. The molecule has 0 aromatic carbocycles. The molecule has 1 aromatic rings. The van der Waals surface area contributed by atoms with Gasteiger partial charge in [0.1, 0.15) is 11.8 Å². The zero-order chi connectivity index (χ0) is 12.8. The summed E-state index contributed by atoms with van der Waals surface area (Å²) in [5.41, 5.74) is 0.0502. The Bertz CT molecular complexity index is 421. The molecule has 0 aliphatic rings. The molecule has 0 saturated heterocycles. The SMILES string of the molecule is O=C(N[C@H](CCO)C(=O)O)c1cncc(O)c1. The van der Waals surface area contributed by atoms with E-state index in [1.54, 1.807) is 0 Å². The molecule has 1 aromatic heterocycles. The number of hydrogen-bond acceptors (Lipinski definition) is 5. The molecular weight excluding hydrogens is 228 g/mol. The molecule has 1 rings (SSSR count). The number of carbonyl (C=O) groups is 2. The molecule has 92 valence electrons. The quantitative estimate of drug-likeness (QED) is 0.543. The minimum Gasteiger partial charge on any atom is -0.506 e. The largest absolute Gasteiger partial charge is 0.506 e. The standard InChI is InChI=1S/C10H12N2O5/c13-2-1-8(10(16)17)12-9(15)6-3-7(14)5-11-4-6/h3-5,8,13-14H,1-2H2,(H,12,15)(H,16,17)/t8-/m1/s1. The highest BCUT2D eigenvalue weighted by Crippen LogP contribution is 2.08. The number of rotatable bonds is 5. The summed E-state index contributed by atoms with van der Waals surface area (Å²) < 4.78 is 0. The molecule has 1 atom stereocenters. The molecule has 0 radical (unpaired) electrons. The Kier molecular flexibility index (Phi) is 4.41. The maximum absolute atomic E-state index is 11.6. The Morgan fingerprint density at radius 1 is 1.41 bits per heavy atom. The Hall–Kier alpha value is -2.15. The van der Waals surface area contributed by atoms with Gasteiger partial charge in [0.25, 0.3) is 5.91 Å². The van der Waals surface area contributed by atoms with Crippen LogP contribution >= 0.6 is 0 Å². The van der Waals surface area contributed by atoms with Crippen molar-refractivity contribution in [2.45, 2.75) is 12.5 Å². The summed E-state index contributed by atoms with van der Waals surface area (Å²) in [6, 6.07) is -0.00458. The minimum absolute atomic E-state index is 0.0502. The molecule has 1 amide bonds. The highest BCUT2D eigenvalue weighted by Gasteiger charge is 2.20. The summed E-state index contributed by atoms with van der Waals surface area (Å²) in [6.07, 6.45) is 2.26. The number of carboxylic acids is 1. The van der Waals surface area contributed by atoms with Crippen LogP contribution in [0.25, 0.3) is 0 Å². The molecule has 0 spiro atoms. The van der Waals surface area contributed by atoms with E-state index in [1.165, 1.54) is 12.3 Å². The van der Waals surface area contributed by atoms with E-state index in [0.717, 1.165) is 6.20 Å². The number of aromatic nitrogens is 1. The van der Waals surface area contributed by atoms with Crippen LogP contribution < -0.4 is 5.32 Å². The molecule has 0 bridgehead atoms. The van der Waals surface area contributed by atoms with Gasteiger partial charge >= 0.3 is 5.97 Å². The molecule has 0 saturated carbocycles. The maximum Gasteiger partial charge on any atom is 0.326 e. The number of aliphatic hydroxyl groups excluding tert-OH is 1. The number of aromatic hydroxyl groups is 1. The van der Waals surface area contributed by atoms with E-state index in [-0.39, 0.29) is 24.3 Å². The van der Waals surface area contributed by atoms with E-state index in [2.05, 4.69) is 10.3 Å². The van der Waals surface area contributed by atoms with E-state index in [1.807, 2.05) is 0 Å². The number of aliphatic carboxylic acids is 1. The number of hydrogen-bond donors (Lipinski definition) is 4. The third kappa shape index (κ3) is 3.72. The number of pyridine rings is 1. The van der Waals surface area contributed by atoms with Gasteiger partial charge in [-0.3, -0.25) is 9.78 Å². The zero-order valence-electron chi connectivity index (χ0n) is 8.83. The first kappa shape index (κ1) is 12.9. The van der Waals surface area contributed by atoms with Gasteiger partial charge in [0.05, 0.1) is 11.8 Å². The molecule has 7 nitrogen and oxygen atoms in total. The maximum atomic E-state index is 11.6. The van der Waals surface area contributed by atoms with Crippen molar-refractivity contribution in [2.75, 3.05) is 6.61 Å². The number of aliphatic hydroxyl groups is 1. The second-order valence-corrected chi connectivity index (χ2v) is 3.31. The van der Waals surface area contributed by atoms with Crippen molar-refractivity contribution in [3.63, 3.8) is 0 Å². The van der Waals surface area contributed by atoms with Crippen LogP contribution in [0.2, 0.25) is 0 Å². The fourth-order valence-corrected chi connectivity index (χ4v) is 1.18. The van der Waals surface area contributed by atoms with Gasteiger partial charge < -0.3 is 20.6 Å². The lowest BCUT2D eigenvalue weighted by atomic mass is 10.2. The molecule has 1 heterocycles. The third-order valence-corrected chi connectivity index (χ3v) is 2.01. The van der Waals surface area contributed by atoms with Crippen LogP contribution in [0.4, 0.5) is 0 Å². The lowest BCUT2D eigenvalue weighted by Gasteiger charge is -2.12. The summed E-state index contributed by atoms with van der Waals surface area (Å²) in [6.45, 7) is -0.352. The molecule has 0 unspecified atom stereocenters. The lowest BCUT2D eigenvalue weighted by Crippen LogP contribution is -2.41. The summed E-state index contributed by atoms with van der Waals surface area (Å²) >= 11 is 0. The number of carbonyl (C=O) groups excluding carboxylic acids is 1. The van der Waals surface area contributed by atoms with Crippen molar-refractivity contribution in [1.82, 2.24) is 10.3 Å². The number of carboxylic acid groups (broad SMARTS) is 1. The topological polar surface area (TPSA) is 120 Å². The minimum atomic E-state index is -1.24. The second kappa shape index (κ2) is 5.80. The van der Waals surface area contributed by atoms with Crippen LogP contribution in [0, 0.1) is 0 Å². The van der Waals surface area contributed by atoms with E-state index in [9.17, 15) is 9.59 Å². The van der Waals surface area contributed by atoms with Crippen LogP contribution in [0.5, 0.6) is 5.75 Å². The van der Waals surface area contributed by atoms with Crippen molar-refractivity contribution in [3.05, 3.63) is 24.0 Å². The van der Waals surface area contributed by atoms with Gasteiger partial charge in [-0.05, 0) is 6.07 Å². The van der Waals surface area contributed by atoms with Crippen molar-refractivity contribution >= 4 is 11.9 Å². The van der Waals surface area contributed by atoms with Crippen molar-refractivity contribution in [3.8, 4) is 5.75 Å². The van der Waals surface area contributed by atoms with Crippen LogP contribution in [-0.2, 0) is 4.79 Å². The average Bonchev–Trinajstić information content (AvgIpc) is 2.28. The third-order valence-electron chi connectivity index (χ3n) is 2.01. The summed E-state index contributed by atoms with van der Waals surface area (Å²) in [5.74, 6) is -2.10. The van der Waals surface area contributed by atoms with Gasteiger partial charge in [-0.25, -0.2) is 4.79 Å². The molecule has 0 aliphatic heterocycles. The fourth-order valence-electron chi connectivity index (χ4n) is 1.18. The van der Waals surface area contributed by atoms with Crippen LogP contribution in [0.15, 0.2) is 18.5 Å². The van der Waals surface area contributed by atoms with Crippen LogP contribution in [0.3, 0.4) is 0 Å². The predicted molar refractivity (Wildman–Crippen MR) is 56.5 cm³/mol. The zero-order valence-corrected chi connectivity index (χ0v) is 8.83. The van der Waals surface area contributed by atoms with E-state index in [0.29, 0.717) is 0 Å². The fraction of sp³-hybridized carbons (Fsp3) is 0.300. The van der Waals surface area contributed by atoms with Gasteiger partial charge in [0.15, 0.2) is 0 Å². The highest BCUT2D eigenvalue weighted by molar-refractivity contribution is 5.96. The highest BCUT2D eigenvalue weighted by atomic mass is 16.4. The van der Waals surface area contributed by atoms with Gasteiger partial charge in [0, 0.05) is 19.2 Å². The lowest BCUT2D eigenvalue weighted by molar-refractivity contribution is -0.139. The van der Waals surface area contributed by atoms with Gasteiger partial charge in [-0.1, -0.05) is 0 Å². The first-order valence-corrected chi connectivity index (χ1v) is 4.83. The summed E-state index contributed by atoms with van der Waals surface area (Å²) in [7, 11) is 0. The van der Waals surface area contributed by atoms with E-state index < -0.39 is 17.9 Å². The van der Waals surface area contributed by atoms with Crippen molar-refractivity contribution in [1.29, 1.82) is 0 Å². The molecule has 4 N–H and O–H groups in total. The molecule has 0 aliphatic carbocycles. The van der Waals surface area contributed by atoms with Gasteiger partial charge in [-0.2, -0.15) is 0 Å². The number of nitrogens with zero attached hydrogens (tertiary/aromatic N) is 1. The number of amides is 1. The molecule has 17 heavy (non-hydrogen) atoms. The number of nitrogens with one attached hydrogen (secondary N) is 1. The van der Waals surface area contributed by atoms with E-state index in [4.69, 9.17) is 15.3 Å². The monoisotopic (exact) mass is 240 g/mol. The van der Waals surface area contributed by atoms with Crippen LogP contribution in [0.1, 0.15) is 16.8 Å². The Morgan fingerprint density at radius 3 is 2.65 bits per heavy atom. The summed E-state index contributed by atoms with van der Waals surface area (Å²) in [5, 5.41) is 28.7. The first-order valence-electron chi connectivity index (χ1n) is 4.83. The smallest absolute Gasteiger partial charge is 0.326 e. The normalized spacial score (nSPS) is 11.8. The Morgan fingerprint density at radius 2 is 2.12 bits per heavy atom. The first-order chi connectivity index (χ1) is 8.04. The molecule has 7 heteroatoms. The summed E-state index contributed by atoms with van der Waals surface area (Å²) in [4.78, 5) is 25.9. The molecule has 0 fully saturated rings. The van der Waals surface area contributed by atoms with E-state index >= 15 is 0 Å². The predicted octanol–water partition coefficient (Wildman–Crippen LogP) is -0.647. The van der Waals surface area contributed by atoms with Gasteiger partial charge in [0.2, 0.25) is 0 Å². The average molecular weight is 240 g/mol. The van der Waals surface area contributed by atoms with Gasteiger partial charge in [-0.15, -0.1) is 0 Å². The Balaban J connectivity index is 2.73. The van der Waals surface area contributed by atoms with Crippen LogP contribution in [-0.4, -0.2) is 44.8 Å².